The van der Waals surface area contributed by atoms with E-state index in [0.29, 0.717) is 35.0 Å². The Balaban J connectivity index is 1.55. The van der Waals surface area contributed by atoms with Crippen LogP contribution < -0.4 is 0 Å². The molecule has 0 radical (unpaired) electrons. The Morgan fingerprint density at radius 2 is 1.64 bits per heavy atom. The number of rotatable bonds is 4. The van der Waals surface area contributed by atoms with Crippen LogP contribution in [0.1, 0.15) is 85.0 Å². The summed E-state index contributed by atoms with van der Waals surface area (Å²) in [5.41, 5.74) is 0.478. The topological polar surface area (TPSA) is 77.8 Å². The fourth-order valence-corrected chi connectivity index (χ4v) is 8.81. The van der Waals surface area contributed by atoms with Crippen molar-refractivity contribution < 1.29 is 20.1 Å². The van der Waals surface area contributed by atoms with E-state index in [-0.39, 0.29) is 30.0 Å². The number of aliphatic hydroxyl groups is 2. The SMILES string of the molecule is C[C@H](CCC(=O)O)C1CCC2[C@@H]3C[C@H](O)[C@@H]4C[C@H](O)CC[C@]4(C)C3CC[C@@]21C. The van der Waals surface area contributed by atoms with Crippen molar-refractivity contribution in [1.82, 2.24) is 0 Å². The lowest BCUT2D eigenvalue weighted by Crippen LogP contribution is -2.58. The van der Waals surface area contributed by atoms with Crippen LogP contribution in [0.3, 0.4) is 0 Å². The minimum Gasteiger partial charge on any atom is -0.481 e. The lowest BCUT2D eigenvalue weighted by atomic mass is 9.44. The predicted molar refractivity (Wildman–Crippen MR) is 109 cm³/mol. The minimum absolute atomic E-state index is 0.176. The van der Waals surface area contributed by atoms with Crippen LogP contribution in [0.5, 0.6) is 0 Å². The molecule has 0 aromatic rings. The highest BCUT2D eigenvalue weighted by Crippen LogP contribution is 2.68. The number of carboxylic acids is 1. The summed E-state index contributed by atoms with van der Waals surface area (Å²) in [5.74, 6) is 2.61. The number of carbonyl (C=O) groups is 1. The van der Waals surface area contributed by atoms with Gasteiger partial charge in [-0.15, -0.1) is 0 Å². The molecule has 0 aromatic carbocycles. The summed E-state index contributed by atoms with van der Waals surface area (Å²) in [6.07, 6.45) is 9.16. The Morgan fingerprint density at radius 1 is 0.964 bits per heavy atom. The van der Waals surface area contributed by atoms with Crippen LogP contribution >= 0.6 is 0 Å². The van der Waals surface area contributed by atoms with E-state index >= 15 is 0 Å². The lowest BCUT2D eigenvalue weighted by Gasteiger charge is -2.62. The Labute approximate surface area is 170 Å². The molecule has 4 rings (SSSR count). The molecule has 4 saturated carbocycles. The number of aliphatic carboxylic acids is 1. The molecule has 0 aliphatic heterocycles. The van der Waals surface area contributed by atoms with Crippen LogP contribution in [-0.4, -0.2) is 33.5 Å². The summed E-state index contributed by atoms with van der Waals surface area (Å²) >= 11 is 0. The van der Waals surface area contributed by atoms with Crippen molar-refractivity contribution in [3.63, 3.8) is 0 Å². The third-order valence-corrected chi connectivity index (χ3v) is 10.2. The quantitative estimate of drug-likeness (QED) is 0.659. The van der Waals surface area contributed by atoms with Gasteiger partial charge < -0.3 is 15.3 Å². The van der Waals surface area contributed by atoms with Gasteiger partial charge in [-0.1, -0.05) is 20.8 Å². The molecule has 0 spiro atoms. The standard InChI is InChI=1S/C24H40O4/c1-14(4-7-22(27)28)17-5-6-18-16-13-21(26)20-12-15(25)8-10-24(20,3)19(16)9-11-23(17,18)2/h14-21,25-26H,4-13H2,1-3H3,(H,27,28)/t14-,15-,16+,17?,18?,19?,20+,21+,23-,24-/m1/s1. The van der Waals surface area contributed by atoms with Gasteiger partial charge >= 0.3 is 5.97 Å². The summed E-state index contributed by atoms with van der Waals surface area (Å²) in [6.45, 7) is 7.16. The Kier molecular flexibility index (Phi) is 5.36. The van der Waals surface area contributed by atoms with Gasteiger partial charge in [0.15, 0.2) is 0 Å². The zero-order valence-corrected chi connectivity index (χ0v) is 17.9. The summed E-state index contributed by atoms with van der Waals surface area (Å²) < 4.78 is 0. The van der Waals surface area contributed by atoms with Crippen molar-refractivity contribution in [1.29, 1.82) is 0 Å². The molecule has 4 nitrogen and oxygen atoms in total. The molecule has 0 bridgehead atoms. The van der Waals surface area contributed by atoms with Crippen LogP contribution in [0.15, 0.2) is 0 Å². The third kappa shape index (κ3) is 3.14. The van der Waals surface area contributed by atoms with E-state index in [2.05, 4.69) is 20.8 Å². The van der Waals surface area contributed by atoms with Gasteiger partial charge in [-0.3, -0.25) is 4.79 Å². The first-order valence-electron chi connectivity index (χ1n) is 11.7. The molecule has 0 aromatic heterocycles. The highest BCUT2D eigenvalue weighted by atomic mass is 16.4. The van der Waals surface area contributed by atoms with Crippen molar-refractivity contribution in [2.45, 2.75) is 97.2 Å². The van der Waals surface area contributed by atoms with Crippen LogP contribution in [-0.2, 0) is 4.79 Å². The number of aliphatic hydroxyl groups excluding tert-OH is 2. The molecule has 4 heteroatoms. The molecule has 28 heavy (non-hydrogen) atoms. The summed E-state index contributed by atoms with van der Waals surface area (Å²) in [6, 6.07) is 0. The Morgan fingerprint density at radius 3 is 2.36 bits per heavy atom. The zero-order chi connectivity index (χ0) is 20.3. The Hall–Kier alpha value is -0.610. The van der Waals surface area contributed by atoms with Crippen molar-refractivity contribution in [2.24, 2.45) is 46.3 Å². The Bertz CT molecular complexity index is 605. The minimum atomic E-state index is -0.677. The van der Waals surface area contributed by atoms with Gasteiger partial charge in [0.05, 0.1) is 12.2 Å². The fraction of sp³-hybridized carbons (Fsp3) is 0.958. The highest BCUT2D eigenvalue weighted by molar-refractivity contribution is 5.66. The number of fused-ring (bicyclic) bond motifs is 5. The summed E-state index contributed by atoms with van der Waals surface area (Å²) in [7, 11) is 0. The molecule has 3 N–H and O–H groups in total. The van der Waals surface area contributed by atoms with E-state index in [4.69, 9.17) is 5.11 Å². The van der Waals surface area contributed by atoms with Gasteiger partial charge in [-0.2, -0.15) is 0 Å². The third-order valence-electron chi connectivity index (χ3n) is 10.2. The maximum atomic E-state index is 11.1. The van der Waals surface area contributed by atoms with E-state index in [0.717, 1.165) is 32.1 Å². The van der Waals surface area contributed by atoms with E-state index < -0.39 is 5.97 Å². The average molecular weight is 393 g/mol. The first-order valence-corrected chi connectivity index (χ1v) is 11.7. The first-order chi connectivity index (χ1) is 13.2. The molecule has 4 aliphatic rings. The van der Waals surface area contributed by atoms with Gasteiger partial charge in [-0.25, -0.2) is 0 Å². The molecular weight excluding hydrogens is 352 g/mol. The van der Waals surface area contributed by atoms with Gasteiger partial charge in [0.1, 0.15) is 0 Å². The van der Waals surface area contributed by atoms with Gasteiger partial charge in [0, 0.05) is 6.42 Å². The van der Waals surface area contributed by atoms with Crippen LogP contribution in [0.2, 0.25) is 0 Å². The normalized spacial score (nSPS) is 51.7. The molecule has 4 fully saturated rings. The molecule has 4 aliphatic carbocycles. The monoisotopic (exact) mass is 392 g/mol. The largest absolute Gasteiger partial charge is 0.481 e. The molecular formula is C24H40O4. The first kappa shape index (κ1) is 20.7. The van der Waals surface area contributed by atoms with E-state index in [1.807, 2.05) is 0 Å². The smallest absolute Gasteiger partial charge is 0.303 e. The van der Waals surface area contributed by atoms with Crippen molar-refractivity contribution in [3.8, 4) is 0 Å². The van der Waals surface area contributed by atoms with Gasteiger partial charge in [0.25, 0.3) is 0 Å². The van der Waals surface area contributed by atoms with Crippen molar-refractivity contribution in [2.75, 3.05) is 0 Å². The molecule has 10 atom stereocenters. The second-order valence-electron chi connectivity index (χ2n) is 11.4. The van der Waals surface area contributed by atoms with Crippen molar-refractivity contribution >= 4 is 5.97 Å². The van der Waals surface area contributed by atoms with Crippen LogP contribution in [0, 0.1) is 46.3 Å². The molecule has 160 valence electrons. The van der Waals surface area contributed by atoms with Gasteiger partial charge in [-0.05, 0) is 104 Å². The highest BCUT2D eigenvalue weighted by Gasteiger charge is 2.62. The number of hydrogen-bond acceptors (Lipinski definition) is 3. The predicted octanol–water partition coefficient (Wildman–Crippen LogP) is 4.48. The maximum absolute atomic E-state index is 11.1. The number of hydrogen-bond donors (Lipinski definition) is 3. The average Bonchev–Trinajstić information content (AvgIpc) is 2.99. The van der Waals surface area contributed by atoms with Gasteiger partial charge in [0.2, 0.25) is 0 Å². The second-order valence-corrected chi connectivity index (χ2v) is 11.4. The summed E-state index contributed by atoms with van der Waals surface area (Å²) in [5, 5.41) is 30.4. The number of carboxylic acid groups (broad SMARTS) is 1. The summed E-state index contributed by atoms with van der Waals surface area (Å²) in [4.78, 5) is 11.1. The molecule has 0 amide bonds. The molecule has 3 unspecified atom stereocenters. The van der Waals surface area contributed by atoms with E-state index in [9.17, 15) is 15.0 Å². The fourth-order valence-electron chi connectivity index (χ4n) is 8.81. The zero-order valence-electron chi connectivity index (χ0n) is 17.9. The van der Waals surface area contributed by atoms with Crippen LogP contribution in [0.4, 0.5) is 0 Å². The second kappa shape index (κ2) is 7.27. The van der Waals surface area contributed by atoms with Crippen LogP contribution in [0.25, 0.3) is 0 Å². The molecule has 0 heterocycles. The lowest BCUT2D eigenvalue weighted by molar-refractivity contribution is -0.172. The van der Waals surface area contributed by atoms with Crippen molar-refractivity contribution in [3.05, 3.63) is 0 Å². The maximum Gasteiger partial charge on any atom is 0.303 e. The molecule has 0 saturated heterocycles. The van der Waals surface area contributed by atoms with E-state index in [1.165, 1.54) is 25.7 Å². The van der Waals surface area contributed by atoms with E-state index in [1.54, 1.807) is 0 Å².